The van der Waals surface area contributed by atoms with Crippen molar-refractivity contribution in [3.05, 3.63) is 17.0 Å². The summed E-state index contributed by atoms with van der Waals surface area (Å²) in [4.78, 5) is 0. The van der Waals surface area contributed by atoms with Gasteiger partial charge in [0.2, 0.25) is 0 Å². The van der Waals surface area contributed by atoms with Crippen LogP contribution in [0.1, 0.15) is 42.8 Å². The first-order valence-electron chi connectivity index (χ1n) is 6.83. The summed E-state index contributed by atoms with van der Waals surface area (Å²) in [5.74, 6) is -3.58. The molecule has 0 saturated heterocycles. The van der Waals surface area contributed by atoms with Gasteiger partial charge in [0.25, 0.3) is 5.92 Å². The van der Waals surface area contributed by atoms with E-state index in [9.17, 15) is 27.1 Å². The molecule has 22 heavy (non-hydrogen) atoms. The largest absolute Gasteiger partial charge is 0.435 e. The van der Waals surface area contributed by atoms with Gasteiger partial charge >= 0.3 is 6.18 Å². The Hall–Kier alpha value is -1.22. The van der Waals surface area contributed by atoms with E-state index in [1.165, 1.54) is 7.11 Å². The van der Waals surface area contributed by atoms with Gasteiger partial charge in [-0.15, -0.1) is 0 Å². The lowest BCUT2D eigenvalue weighted by Crippen LogP contribution is -2.33. The number of aliphatic hydroxyl groups excluding tert-OH is 1. The van der Waals surface area contributed by atoms with Crippen LogP contribution in [-0.4, -0.2) is 34.0 Å². The molecule has 0 saturated carbocycles. The first-order valence-corrected chi connectivity index (χ1v) is 6.83. The quantitative estimate of drug-likeness (QED) is 0.865. The molecule has 0 radical (unpaired) electrons. The maximum Gasteiger partial charge on any atom is 0.435 e. The molecule has 9 heteroatoms. The highest BCUT2D eigenvalue weighted by Crippen LogP contribution is 2.46. The number of methoxy groups -OCH3 is 1. The molecule has 2 atom stereocenters. The summed E-state index contributed by atoms with van der Waals surface area (Å²) in [7, 11) is 1.47. The summed E-state index contributed by atoms with van der Waals surface area (Å²) in [6, 6.07) is 0. The highest BCUT2D eigenvalue weighted by atomic mass is 19.4. The Morgan fingerprint density at radius 3 is 2.64 bits per heavy atom. The SMILES string of the molecule is COC(C)CCn1nc(C(F)(F)F)c2c1CCC(F)(F)C2O. The van der Waals surface area contributed by atoms with Gasteiger partial charge in [0, 0.05) is 31.3 Å². The van der Waals surface area contributed by atoms with Crippen molar-refractivity contribution in [2.45, 2.75) is 57.0 Å². The van der Waals surface area contributed by atoms with Crippen molar-refractivity contribution >= 4 is 0 Å². The number of hydrogen-bond donors (Lipinski definition) is 1. The number of alkyl halides is 5. The zero-order valence-electron chi connectivity index (χ0n) is 12.1. The summed E-state index contributed by atoms with van der Waals surface area (Å²) in [6.45, 7) is 1.84. The Morgan fingerprint density at radius 1 is 1.45 bits per heavy atom. The topological polar surface area (TPSA) is 47.3 Å². The monoisotopic (exact) mass is 328 g/mol. The number of ether oxygens (including phenoxy) is 1. The Morgan fingerprint density at radius 2 is 2.09 bits per heavy atom. The third kappa shape index (κ3) is 3.10. The normalized spacial score (nSPS) is 22.5. The fraction of sp³-hybridized carbons (Fsp3) is 0.769. The Bertz CT molecular complexity index is 541. The fourth-order valence-corrected chi connectivity index (χ4v) is 2.51. The fourth-order valence-electron chi connectivity index (χ4n) is 2.51. The van der Waals surface area contributed by atoms with Crippen molar-refractivity contribution < 1.29 is 31.8 Å². The Labute approximate surface area is 123 Å². The van der Waals surface area contributed by atoms with Crippen molar-refractivity contribution in [1.82, 2.24) is 9.78 Å². The van der Waals surface area contributed by atoms with E-state index in [1.807, 2.05) is 0 Å². The highest BCUT2D eigenvalue weighted by Gasteiger charge is 2.51. The zero-order valence-corrected chi connectivity index (χ0v) is 12.1. The molecular weight excluding hydrogens is 311 g/mol. The zero-order chi connectivity index (χ0) is 16.7. The molecule has 0 bridgehead atoms. The van der Waals surface area contributed by atoms with Crippen LogP contribution < -0.4 is 0 Å². The van der Waals surface area contributed by atoms with Crippen LogP contribution in [-0.2, 0) is 23.9 Å². The Balaban J connectivity index is 2.43. The van der Waals surface area contributed by atoms with Gasteiger partial charge in [-0.25, -0.2) is 8.78 Å². The molecule has 0 aliphatic heterocycles. The maximum absolute atomic E-state index is 13.5. The number of rotatable bonds is 4. The van der Waals surface area contributed by atoms with Crippen molar-refractivity contribution in [2.24, 2.45) is 0 Å². The standard InChI is InChI=1S/C13H17F5N2O2/c1-7(22-2)4-6-20-8-3-5-12(14,15)11(21)9(8)10(19-20)13(16,17)18/h7,11,21H,3-6H2,1-2H3. The first-order chi connectivity index (χ1) is 10.1. The van der Waals surface area contributed by atoms with Crippen molar-refractivity contribution in [2.75, 3.05) is 7.11 Å². The molecule has 0 spiro atoms. The van der Waals surface area contributed by atoms with Gasteiger partial charge in [-0.2, -0.15) is 18.3 Å². The summed E-state index contributed by atoms with van der Waals surface area (Å²) in [6.07, 6.45) is -8.16. The lowest BCUT2D eigenvalue weighted by atomic mass is 9.89. The second-order valence-corrected chi connectivity index (χ2v) is 5.43. The summed E-state index contributed by atoms with van der Waals surface area (Å²) in [5.41, 5.74) is -2.21. The third-order valence-electron chi connectivity index (χ3n) is 3.89. The molecule has 4 nitrogen and oxygen atoms in total. The number of aromatic nitrogens is 2. The number of hydrogen-bond acceptors (Lipinski definition) is 3. The van der Waals surface area contributed by atoms with E-state index in [2.05, 4.69) is 5.10 Å². The minimum Gasteiger partial charge on any atom is -0.382 e. The van der Waals surface area contributed by atoms with E-state index in [0.29, 0.717) is 6.42 Å². The van der Waals surface area contributed by atoms with Gasteiger partial charge in [0.05, 0.1) is 6.10 Å². The minimum absolute atomic E-state index is 0.0223. The number of halogens is 5. The van der Waals surface area contributed by atoms with Crippen LogP contribution in [0.5, 0.6) is 0 Å². The van der Waals surface area contributed by atoms with E-state index >= 15 is 0 Å². The molecule has 1 aliphatic rings. The highest BCUT2D eigenvalue weighted by molar-refractivity contribution is 5.35. The molecule has 1 N–H and O–H groups in total. The van der Waals surface area contributed by atoms with Gasteiger partial charge in [-0.1, -0.05) is 0 Å². The first kappa shape index (κ1) is 17.1. The van der Waals surface area contributed by atoms with Crippen LogP contribution in [0.25, 0.3) is 0 Å². The second-order valence-electron chi connectivity index (χ2n) is 5.43. The van der Waals surface area contributed by atoms with Crippen LogP contribution in [0.2, 0.25) is 0 Å². The van der Waals surface area contributed by atoms with Gasteiger partial charge in [0.1, 0.15) is 6.10 Å². The second kappa shape index (κ2) is 5.77. The Kier molecular flexibility index (Phi) is 4.49. The number of fused-ring (bicyclic) bond motifs is 1. The number of aryl methyl sites for hydroxylation is 1. The molecule has 1 aromatic heterocycles. The van der Waals surface area contributed by atoms with Gasteiger partial charge in [-0.05, 0) is 19.8 Å². The van der Waals surface area contributed by atoms with Crippen LogP contribution in [0.15, 0.2) is 0 Å². The van der Waals surface area contributed by atoms with Crippen molar-refractivity contribution in [3.8, 4) is 0 Å². The van der Waals surface area contributed by atoms with E-state index in [1.54, 1.807) is 6.92 Å². The molecule has 1 heterocycles. The van der Waals surface area contributed by atoms with E-state index in [-0.39, 0.29) is 24.8 Å². The van der Waals surface area contributed by atoms with Crippen LogP contribution in [0.3, 0.4) is 0 Å². The van der Waals surface area contributed by atoms with Crippen molar-refractivity contribution in [1.29, 1.82) is 0 Å². The van der Waals surface area contributed by atoms with Gasteiger partial charge < -0.3 is 9.84 Å². The van der Waals surface area contributed by atoms with E-state index in [0.717, 1.165) is 4.68 Å². The number of aliphatic hydroxyl groups is 1. The average molecular weight is 328 g/mol. The molecule has 0 amide bonds. The average Bonchev–Trinajstić information content (AvgIpc) is 2.79. The molecule has 2 unspecified atom stereocenters. The molecule has 0 fully saturated rings. The molecule has 1 aliphatic carbocycles. The van der Waals surface area contributed by atoms with E-state index < -0.39 is 35.9 Å². The predicted octanol–water partition coefficient (Wildman–Crippen LogP) is 2.94. The lowest BCUT2D eigenvalue weighted by Gasteiger charge is -2.28. The minimum atomic E-state index is -4.89. The molecule has 2 rings (SSSR count). The van der Waals surface area contributed by atoms with E-state index in [4.69, 9.17) is 4.74 Å². The summed E-state index contributed by atoms with van der Waals surface area (Å²) < 4.78 is 72.2. The third-order valence-corrected chi connectivity index (χ3v) is 3.89. The predicted molar refractivity (Wildman–Crippen MR) is 66.5 cm³/mol. The molecular formula is C13H17F5N2O2. The van der Waals surface area contributed by atoms with Crippen LogP contribution in [0.4, 0.5) is 22.0 Å². The molecule has 0 aromatic carbocycles. The summed E-state index contributed by atoms with van der Waals surface area (Å²) >= 11 is 0. The van der Waals surface area contributed by atoms with Gasteiger partial charge in [-0.3, -0.25) is 4.68 Å². The molecule has 1 aromatic rings. The maximum atomic E-state index is 13.5. The van der Waals surface area contributed by atoms with Gasteiger partial charge in [0.15, 0.2) is 5.69 Å². The number of nitrogens with zero attached hydrogens (tertiary/aromatic N) is 2. The lowest BCUT2D eigenvalue weighted by molar-refractivity contribution is -0.150. The smallest absolute Gasteiger partial charge is 0.382 e. The van der Waals surface area contributed by atoms with Crippen molar-refractivity contribution in [3.63, 3.8) is 0 Å². The molecule has 126 valence electrons. The summed E-state index contributed by atoms with van der Waals surface area (Å²) in [5, 5.41) is 13.1. The van der Waals surface area contributed by atoms with Crippen LogP contribution >= 0.6 is 0 Å². The van der Waals surface area contributed by atoms with Crippen LogP contribution in [0, 0.1) is 0 Å².